The van der Waals surface area contributed by atoms with Crippen LogP contribution in [0.25, 0.3) is 17.2 Å². The molecule has 3 aliphatic rings. The monoisotopic (exact) mass is 2190 g/mol. The van der Waals surface area contributed by atoms with Crippen LogP contribution in [-0.2, 0) is 164 Å². The average Bonchev–Trinajstić information content (AvgIpc) is 1.18. The molecule has 62 heteroatoms. The topological polar surface area (TPSA) is 837 Å². The summed E-state index contributed by atoms with van der Waals surface area (Å²) in [5, 5.41) is 91.0. The third kappa shape index (κ3) is 86.0. The number of thioether (sulfide) groups is 1. The predicted octanol–water partition coefficient (Wildman–Crippen LogP) is 4.28. The summed E-state index contributed by atoms with van der Waals surface area (Å²) in [7, 11) is 4.48. The number of urea groups is 3. The molecule has 25 N–H and O–H groups in total. The minimum Gasteiger partial charge on any atom is -0.668 e. The summed E-state index contributed by atoms with van der Waals surface area (Å²) in [5.74, 6) is -3.39. The van der Waals surface area contributed by atoms with Crippen LogP contribution in [0.5, 0.6) is 11.5 Å². The Kier molecular flexibility index (Phi) is 89.1. The van der Waals surface area contributed by atoms with Gasteiger partial charge in [-0.3, -0.25) is 63.6 Å². The Hall–Kier alpha value is -11.4. The number of aromatic amines is 4. The summed E-state index contributed by atoms with van der Waals surface area (Å²) in [6.45, 7) is 28.2. The number of benzene rings is 1. The number of H-pyrrole nitrogens is 4. The van der Waals surface area contributed by atoms with E-state index in [0.29, 0.717) is 52.6 Å². The van der Waals surface area contributed by atoms with E-state index in [4.69, 9.17) is 53.0 Å². The number of amides is 14. The summed E-state index contributed by atoms with van der Waals surface area (Å²) in [6, 6.07) is 5.44. The van der Waals surface area contributed by atoms with E-state index in [1.165, 1.54) is 96.0 Å². The van der Waals surface area contributed by atoms with Gasteiger partial charge in [-0.15, -0.1) is 25.2 Å². The van der Waals surface area contributed by atoms with Crippen molar-refractivity contribution < 1.29 is 242 Å². The molecule has 10 aromatic rings. The second kappa shape index (κ2) is 83.2. The maximum absolute atomic E-state index is 12.4. The Morgan fingerprint density at radius 3 is 1.38 bits per heavy atom. The van der Waals surface area contributed by atoms with Gasteiger partial charge in [0, 0.05) is 218 Å². The molecule has 2 unspecified atom stereocenters. The number of imide groups is 2. The molecule has 1 aromatic carbocycles. The average molecular weight is 2190 g/mol. The molecule has 0 bridgehead atoms. The van der Waals surface area contributed by atoms with Crippen LogP contribution in [0.3, 0.4) is 0 Å². The zero-order valence-electron chi connectivity index (χ0n) is 73.9. The molecule has 9 aromatic heterocycles. The van der Waals surface area contributed by atoms with Gasteiger partial charge in [0.2, 0.25) is 23.2 Å². The molecule has 54 nitrogen and oxygen atoms in total. The number of imidazole rings is 2. The SMILES string of the molecule is CC(N)=O.CC([NH-])=O.CC1OC(=O)NC1=O.CC1SC(=O)NC1=O.CCC(N)=O.CCC([NH-])=O.CNC(=O)NN1CC1.CNC(N)=O.CNC([NH-])=O.Cc1c[nH]oc1=O.Cc1cc(=O)[nH]o1.Cc1cc(=O)[nH]s1.Cc1cc(F)c(O)c(F)c1.Cc1ccnn1O.Cc1cncn1O.Cc1cnnn1O.Cc1cocc(O)c1=O.Cc1nccn1O.Cc1nn[nH]n1.[Y].[Y].[Y].[Y]. The number of alkyl carbamates (subject to hydrolysis) is 1. The summed E-state index contributed by atoms with van der Waals surface area (Å²) < 4.78 is 47.0. The third-order valence-electron chi connectivity index (χ3n) is 11.6. The molecule has 3 saturated heterocycles. The number of nitrogens with zero attached hydrogens (tertiary/aromatic N) is 13. The fourth-order valence-corrected chi connectivity index (χ4v) is 6.23. The maximum Gasteiger partial charge on any atom is 0.414 e. The van der Waals surface area contributed by atoms with Gasteiger partial charge in [0.05, 0.1) is 58.9 Å². The molecule has 12 heterocycles. The number of carbonyl (C=O) groups is 11. The first-order valence-corrected chi connectivity index (χ1v) is 36.7. The predicted molar refractivity (Wildman–Crippen MR) is 445 cm³/mol. The zero-order chi connectivity index (χ0) is 98.5. The number of hydrogen-bond donors (Lipinski definition) is 19. The molecule has 3 fully saturated rings. The second-order valence-electron chi connectivity index (χ2n) is 22.8. The first-order chi connectivity index (χ1) is 58.6. The number of nitrogens with one attached hydrogen (secondary N) is 13. The number of rotatable bonds is 3. The van der Waals surface area contributed by atoms with Gasteiger partial charge in [-0.05, 0) is 125 Å². The summed E-state index contributed by atoms with van der Waals surface area (Å²) in [6.07, 6.45) is 12.3. The van der Waals surface area contributed by atoms with Crippen molar-refractivity contribution in [2.24, 2.45) is 17.2 Å². The number of phenolic OH excluding ortho intramolecular Hbond substituents is 1. The number of carbonyl (C=O) groups excluding carboxylic acids is 11. The number of primary amides is 3. The number of hydrogen-bond acceptors (Lipinski definition) is 36. The number of aromatic nitrogens is 16. The molecule has 4 radical (unpaired) electrons. The molecule has 2 atom stereocenters. The van der Waals surface area contributed by atoms with E-state index in [0.717, 1.165) is 78.7 Å². The van der Waals surface area contributed by atoms with Crippen molar-refractivity contribution in [1.82, 2.24) is 117 Å². The molecule has 0 spiro atoms. The normalized spacial score (nSPS) is 11.3. The Bertz CT molecular complexity index is 4610. The Labute approximate surface area is 849 Å². The molecule has 130 heavy (non-hydrogen) atoms. The second-order valence-corrected chi connectivity index (χ2v) is 25.2. The first-order valence-electron chi connectivity index (χ1n) is 35.0. The number of hydrazine groups is 1. The van der Waals surface area contributed by atoms with E-state index in [-0.39, 0.29) is 199 Å². The molecule has 14 amide bonds. The quantitative estimate of drug-likeness (QED) is 0.0867. The van der Waals surface area contributed by atoms with Crippen molar-refractivity contribution >= 4 is 88.2 Å². The van der Waals surface area contributed by atoms with Crippen LogP contribution in [0, 0.1) is 80.9 Å². The zero-order valence-corrected chi connectivity index (χ0v) is 86.9. The number of aromatic hydroxyl groups is 2. The standard InChI is InChI=1S/C7H6F2O.C6H6O3.C4H9N3O.3C4H6N2O.C4H5NO3.C4H5NO2S.2C4H5NO2.C4H5NOS.C3H5N3O.2C3H7NO.C2H4N4.2C2H6N2O.2C2H5NO.4Y/c1-4-2-5(8)7(10)6(9)3-4;1-4-2-9-3-5(7)6(4)8;1-5-4(8)6-7-2-3-7;1-4-2-5-3-6(4)7;1-4-5-2-3-6(4)7;1-4-2-3-5-6(4)7;2*1-2-3(6)5-4(7)8-2;1-3-2-5-7-4(3)6;2*1-3-2-4(6)5-7-3;1-3-2-4-5-6(3)7;2*1-2-3(4)5;1-2-3-5-6-4-2;2*1-4-2(3)5;2*1-2(3)4;;;;/h2-3,10H,1H3;2-3,7H,1H3;2-3H2,1H3,(H2,5,6,8);3*2-3,7H,1H3;2*2H,1H3,(H,5,6,7);2,5H,1H3;2*2H,1H3,(H,5,6);2,7H,1H3;2*2H2,1H3,(H2,4,5);1H3,(H,3,4,5,6);2*1H3,(H3,3,4,5);2*1H3,(H2,3,4);;;;/p-3. The molecular formula is C68H106F2N29O25S2Y4-3. The summed E-state index contributed by atoms with van der Waals surface area (Å²) in [4.78, 5) is 159. The number of ether oxygens (including phenoxy) is 1. The fourth-order valence-electron chi connectivity index (χ4n) is 5.09. The van der Waals surface area contributed by atoms with E-state index in [1.54, 1.807) is 108 Å². The van der Waals surface area contributed by atoms with E-state index in [9.17, 15) is 75.9 Å². The molecule has 13 rings (SSSR count). The Morgan fingerprint density at radius 2 is 1.22 bits per heavy atom. The van der Waals surface area contributed by atoms with Crippen LogP contribution in [0.1, 0.15) is 110 Å². The van der Waals surface area contributed by atoms with Crippen LogP contribution >= 0.6 is 23.3 Å². The number of tetrazole rings is 1. The number of phenols is 1. The van der Waals surface area contributed by atoms with Gasteiger partial charge in [0.25, 0.3) is 22.3 Å². The van der Waals surface area contributed by atoms with E-state index < -0.39 is 53.5 Å². The van der Waals surface area contributed by atoms with E-state index in [1.807, 2.05) is 17.2 Å². The Balaban J connectivity index is -0.000000147. The third-order valence-corrected chi connectivity index (χ3v) is 13.2. The summed E-state index contributed by atoms with van der Waals surface area (Å²) >= 11 is 2.40. The molecule has 0 aliphatic carbocycles. The van der Waals surface area contributed by atoms with Gasteiger partial charge < -0.3 is 109 Å². The smallest absolute Gasteiger partial charge is 0.414 e. The fraction of sp³-hybridized carbons (Fsp3) is 0.368. The van der Waals surface area contributed by atoms with Crippen LogP contribution in [0.2, 0.25) is 0 Å². The molecule has 3 aliphatic heterocycles. The van der Waals surface area contributed by atoms with Crippen molar-refractivity contribution in [3.8, 4) is 11.5 Å². The molecule has 714 valence electrons. The number of aryl methyl sites for hydroxylation is 10. The Morgan fingerprint density at radius 1 is 0.685 bits per heavy atom. The minimum atomic E-state index is -0.919. The number of cyclic esters (lactones) is 1. The van der Waals surface area contributed by atoms with Gasteiger partial charge in [0.15, 0.2) is 35.1 Å². The minimum absolute atomic E-state index is 0. The number of halogens is 2. The molecular weight excluding hydrogens is 2080 g/mol. The van der Waals surface area contributed by atoms with Crippen molar-refractivity contribution in [1.29, 1.82) is 0 Å². The van der Waals surface area contributed by atoms with Crippen LogP contribution in [0.15, 0.2) is 119 Å². The van der Waals surface area contributed by atoms with Gasteiger partial charge in [-0.2, -0.15) is 19.8 Å². The number of nitrogens with two attached hydrogens (primary N) is 3. The first kappa shape index (κ1) is 139. The van der Waals surface area contributed by atoms with E-state index in [2.05, 4.69) is 123 Å². The van der Waals surface area contributed by atoms with Crippen molar-refractivity contribution in [2.75, 3.05) is 34.2 Å². The van der Waals surface area contributed by atoms with Crippen LogP contribution in [-0.4, -0.2) is 226 Å². The van der Waals surface area contributed by atoms with Crippen molar-refractivity contribution in [2.45, 2.75) is 135 Å². The summed E-state index contributed by atoms with van der Waals surface area (Å²) in [5.41, 5.74) is 37.2. The van der Waals surface area contributed by atoms with Crippen LogP contribution < -0.4 is 71.4 Å². The van der Waals surface area contributed by atoms with Gasteiger partial charge in [0.1, 0.15) is 30.2 Å². The largest absolute Gasteiger partial charge is 0.668 e. The van der Waals surface area contributed by atoms with Gasteiger partial charge in [-0.25, -0.2) is 48.1 Å². The van der Waals surface area contributed by atoms with Gasteiger partial charge >= 0.3 is 23.8 Å². The molecule has 0 saturated carbocycles. The van der Waals surface area contributed by atoms with Crippen LogP contribution in [0.4, 0.5) is 32.8 Å². The van der Waals surface area contributed by atoms with Crippen molar-refractivity contribution in [3.05, 3.63) is 213 Å². The van der Waals surface area contributed by atoms with Gasteiger partial charge in [-0.1, -0.05) is 54.2 Å². The van der Waals surface area contributed by atoms with E-state index >= 15 is 0 Å². The maximum atomic E-state index is 12.4. The van der Waals surface area contributed by atoms with Crippen molar-refractivity contribution in [3.63, 3.8) is 0 Å².